The molecule has 1 atom stereocenters. The van der Waals surface area contributed by atoms with E-state index in [0.717, 1.165) is 13.1 Å². The Hall–Kier alpha value is -3.18. The maximum Gasteiger partial charge on any atom is 0.337 e. The predicted octanol–water partition coefficient (Wildman–Crippen LogP) is 4.74. The number of carbonyl (C=O) groups is 1. The van der Waals surface area contributed by atoms with Crippen LogP contribution in [0, 0.1) is 6.92 Å². The van der Waals surface area contributed by atoms with Gasteiger partial charge in [0.2, 0.25) is 0 Å². The molecule has 1 aromatic heterocycles. The molecule has 29 heavy (non-hydrogen) atoms. The van der Waals surface area contributed by atoms with E-state index in [0.29, 0.717) is 12.2 Å². The molecule has 2 N–H and O–H groups in total. The molecule has 5 heteroatoms. The minimum Gasteiger partial charge on any atom is -0.478 e. The SMILES string of the molecule is CCN1Cc2cc(-c3ccccc3C)ccc2[C@@H]1CNc1cnccc1C(=O)O. The molecule has 0 saturated carbocycles. The van der Waals surface area contributed by atoms with Gasteiger partial charge in [-0.3, -0.25) is 9.88 Å². The Morgan fingerprint density at radius 2 is 2.07 bits per heavy atom. The van der Waals surface area contributed by atoms with Crippen molar-refractivity contribution < 1.29 is 9.90 Å². The van der Waals surface area contributed by atoms with Gasteiger partial charge < -0.3 is 10.4 Å². The molecule has 0 bridgehead atoms. The molecule has 0 saturated heterocycles. The zero-order valence-corrected chi connectivity index (χ0v) is 16.7. The molecule has 1 aliphatic rings. The molecule has 3 aromatic rings. The monoisotopic (exact) mass is 387 g/mol. The van der Waals surface area contributed by atoms with E-state index >= 15 is 0 Å². The highest BCUT2D eigenvalue weighted by Gasteiger charge is 2.29. The quantitative estimate of drug-likeness (QED) is 0.639. The number of aromatic nitrogens is 1. The molecule has 2 heterocycles. The number of aromatic carboxylic acids is 1. The van der Waals surface area contributed by atoms with Gasteiger partial charge in [-0.2, -0.15) is 0 Å². The molecule has 0 aliphatic carbocycles. The van der Waals surface area contributed by atoms with Gasteiger partial charge in [-0.15, -0.1) is 0 Å². The van der Waals surface area contributed by atoms with Crippen LogP contribution in [0.3, 0.4) is 0 Å². The summed E-state index contributed by atoms with van der Waals surface area (Å²) in [7, 11) is 0. The molecule has 5 nitrogen and oxygen atoms in total. The van der Waals surface area contributed by atoms with Gasteiger partial charge in [-0.05, 0) is 53.4 Å². The maximum atomic E-state index is 11.5. The van der Waals surface area contributed by atoms with Gasteiger partial charge in [-0.1, -0.05) is 43.3 Å². The van der Waals surface area contributed by atoms with Crippen molar-refractivity contribution in [3.8, 4) is 11.1 Å². The number of anilines is 1. The number of likely N-dealkylation sites (N-methyl/N-ethyl adjacent to an activating group) is 1. The Balaban J connectivity index is 1.60. The zero-order valence-electron chi connectivity index (χ0n) is 16.7. The van der Waals surface area contributed by atoms with E-state index in [-0.39, 0.29) is 11.6 Å². The molecule has 148 valence electrons. The summed E-state index contributed by atoms with van der Waals surface area (Å²) in [6, 6.07) is 16.9. The Morgan fingerprint density at radius 1 is 1.24 bits per heavy atom. The summed E-state index contributed by atoms with van der Waals surface area (Å²) in [6.45, 7) is 6.77. The third kappa shape index (κ3) is 3.74. The first-order chi connectivity index (χ1) is 14.1. The van der Waals surface area contributed by atoms with Crippen molar-refractivity contribution in [2.45, 2.75) is 26.4 Å². The number of hydrogen-bond acceptors (Lipinski definition) is 4. The second kappa shape index (κ2) is 8.05. The lowest BCUT2D eigenvalue weighted by Gasteiger charge is -2.24. The maximum absolute atomic E-state index is 11.5. The molecule has 0 fully saturated rings. The van der Waals surface area contributed by atoms with Gasteiger partial charge in [0, 0.05) is 19.3 Å². The van der Waals surface area contributed by atoms with Crippen molar-refractivity contribution in [2.75, 3.05) is 18.4 Å². The van der Waals surface area contributed by atoms with Crippen LogP contribution in [0.1, 0.15) is 40.0 Å². The summed E-state index contributed by atoms with van der Waals surface area (Å²) in [4.78, 5) is 17.9. The molecule has 0 unspecified atom stereocenters. The smallest absolute Gasteiger partial charge is 0.337 e. The van der Waals surface area contributed by atoms with E-state index in [9.17, 15) is 9.90 Å². The molecule has 4 rings (SSSR count). The largest absolute Gasteiger partial charge is 0.478 e. The Bertz CT molecular complexity index is 1050. The van der Waals surface area contributed by atoms with Crippen LogP contribution < -0.4 is 5.32 Å². The highest BCUT2D eigenvalue weighted by Crippen LogP contribution is 2.36. The molecular formula is C24H25N3O2. The van der Waals surface area contributed by atoms with Crippen molar-refractivity contribution in [1.82, 2.24) is 9.88 Å². The highest BCUT2D eigenvalue weighted by molar-refractivity contribution is 5.93. The number of hydrogen-bond donors (Lipinski definition) is 2. The Kier molecular flexibility index (Phi) is 5.32. The zero-order chi connectivity index (χ0) is 20.4. The highest BCUT2D eigenvalue weighted by atomic mass is 16.4. The van der Waals surface area contributed by atoms with E-state index < -0.39 is 5.97 Å². The van der Waals surface area contributed by atoms with E-state index in [1.54, 1.807) is 6.20 Å². The Morgan fingerprint density at radius 3 is 2.83 bits per heavy atom. The van der Waals surface area contributed by atoms with E-state index in [4.69, 9.17) is 0 Å². The van der Waals surface area contributed by atoms with Gasteiger partial charge in [0.1, 0.15) is 0 Å². The number of rotatable bonds is 6. The number of pyridine rings is 1. The first-order valence-electron chi connectivity index (χ1n) is 9.92. The first-order valence-corrected chi connectivity index (χ1v) is 9.92. The molecule has 0 radical (unpaired) electrons. The summed E-state index contributed by atoms with van der Waals surface area (Å²) in [6.07, 6.45) is 3.09. The summed E-state index contributed by atoms with van der Waals surface area (Å²) in [5.41, 5.74) is 7.22. The Labute approximate surface area is 171 Å². The minimum atomic E-state index is -0.947. The fraction of sp³-hybridized carbons (Fsp3) is 0.250. The van der Waals surface area contributed by atoms with Crippen LogP contribution in [0.4, 0.5) is 5.69 Å². The van der Waals surface area contributed by atoms with Crippen LogP contribution in [-0.4, -0.2) is 34.0 Å². The lowest BCUT2D eigenvalue weighted by Crippen LogP contribution is -2.27. The number of nitrogens with zero attached hydrogens (tertiary/aromatic N) is 2. The standard InChI is InChI=1S/C24H25N3O2/c1-3-27-15-18-12-17(19-7-5-4-6-16(19)2)8-9-20(18)23(27)14-26-22-13-25-11-10-21(22)24(28)29/h4-13,23,26H,3,14-15H2,1-2H3,(H,28,29)/t23-/m0/s1. The first kappa shape index (κ1) is 19.2. The van der Waals surface area contributed by atoms with Gasteiger partial charge in [0.05, 0.1) is 23.5 Å². The molecular weight excluding hydrogens is 362 g/mol. The third-order valence-electron chi connectivity index (χ3n) is 5.72. The number of carboxylic acids is 1. The van der Waals surface area contributed by atoms with Crippen molar-refractivity contribution in [1.29, 1.82) is 0 Å². The van der Waals surface area contributed by atoms with Crippen molar-refractivity contribution in [2.24, 2.45) is 0 Å². The molecule has 0 spiro atoms. The number of aryl methyl sites for hydroxylation is 1. The van der Waals surface area contributed by atoms with Crippen LogP contribution in [-0.2, 0) is 6.54 Å². The number of fused-ring (bicyclic) bond motifs is 1. The number of benzene rings is 2. The average Bonchev–Trinajstić information content (AvgIpc) is 3.09. The second-order valence-corrected chi connectivity index (χ2v) is 7.41. The molecule has 0 amide bonds. The normalized spacial score (nSPS) is 15.9. The summed E-state index contributed by atoms with van der Waals surface area (Å²) in [5.74, 6) is -0.947. The predicted molar refractivity (Wildman–Crippen MR) is 115 cm³/mol. The molecule has 2 aromatic carbocycles. The van der Waals surface area contributed by atoms with Crippen LogP contribution in [0.2, 0.25) is 0 Å². The average molecular weight is 387 g/mol. The number of nitrogens with one attached hydrogen (secondary N) is 1. The third-order valence-corrected chi connectivity index (χ3v) is 5.72. The fourth-order valence-electron chi connectivity index (χ4n) is 4.16. The van der Waals surface area contributed by atoms with Gasteiger partial charge >= 0.3 is 5.97 Å². The minimum absolute atomic E-state index is 0.197. The number of carboxylic acid groups (broad SMARTS) is 1. The summed E-state index contributed by atoms with van der Waals surface area (Å²) in [5, 5.41) is 12.7. The lowest BCUT2D eigenvalue weighted by atomic mass is 9.95. The van der Waals surface area contributed by atoms with Crippen molar-refractivity contribution in [3.63, 3.8) is 0 Å². The van der Waals surface area contributed by atoms with Crippen LogP contribution in [0.5, 0.6) is 0 Å². The summed E-state index contributed by atoms with van der Waals surface area (Å²) >= 11 is 0. The van der Waals surface area contributed by atoms with Crippen LogP contribution in [0.25, 0.3) is 11.1 Å². The second-order valence-electron chi connectivity index (χ2n) is 7.41. The van der Waals surface area contributed by atoms with Gasteiger partial charge in [-0.25, -0.2) is 4.79 Å². The lowest BCUT2D eigenvalue weighted by molar-refractivity contribution is 0.0697. The van der Waals surface area contributed by atoms with Gasteiger partial charge in [0.25, 0.3) is 0 Å². The van der Waals surface area contributed by atoms with Crippen molar-refractivity contribution >= 4 is 11.7 Å². The van der Waals surface area contributed by atoms with Gasteiger partial charge in [0.15, 0.2) is 0 Å². The fourth-order valence-corrected chi connectivity index (χ4v) is 4.16. The van der Waals surface area contributed by atoms with E-state index in [1.807, 2.05) is 0 Å². The summed E-state index contributed by atoms with van der Waals surface area (Å²) < 4.78 is 0. The topological polar surface area (TPSA) is 65.5 Å². The van der Waals surface area contributed by atoms with E-state index in [1.165, 1.54) is 40.1 Å². The van der Waals surface area contributed by atoms with Crippen LogP contribution >= 0.6 is 0 Å². The van der Waals surface area contributed by atoms with Crippen LogP contribution in [0.15, 0.2) is 60.9 Å². The van der Waals surface area contributed by atoms with Crippen molar-refractivity contribution in [3.05, 3.63) is 83.2 Å². The van der Waals surface area contributed by atoms with E-state index in [2.05, 4.69) is 71.5 Å². The molecule has 1 aliphatic heterocycles.